The number of anilines is 2. The molecule has 0 spiro atoms. The molecule has 0 atom stereocenters. The van der Waals surface area contributed by atoms with E-state index in [4.69, 9.17) is 17.3 Å². The number of thiazole rings is 1. The van der Waals surface area contributed by atoms with Crippen LogP contribution in [0.4, 0.5) is 16.6 Å². The summed E-state index contributed by atoms with van der Waals surface area (Å²) < 4.78 is 2.25. The molecule has 13 heteroatoms. The van der Waals surface area contributed by atoms with Crippen LogP contribution in [0.2, 0.25) is 5.02 Å². The molecular formula is C19H13ClN6O4S2. The minimum absolute atomic E-state index is 0.0699. The Bertz CT molecular complexity index is 1400. The highest BCUT2D eigenvalue weighted by Crippen LogP contribution is 2.29. The summed E-state index contributed by atoms with van der Waals surface area (Å²) in [6, 6.07) is 12.3. The monoisotopic (exact) mass is 488 g/mol. The van der Waals surface area contributed by atoms with Gasteiger partial charge in [-0.15, -0.1) is 0 Å². The van der Waals surface area contributed by atoms with Gasteiger partial charge in [-0.25, -0.2) is 4.98 Å². The Morgan fingerprint density at radius 2 is 1.97 bits per heavy atom. The average molecular weight is 489 g/mol. The van der Waals surface area contributed by atoms with Crippen LogP contribution in [0.25, 0.3) is 15.9 Å². The molecule has 0 saturated heterocycles. The highest BCUT2D eigenvalue weighted by Gasteiger charge is 2.15. The third-order valence-corrected chi connectivity index (χ3v) is 6.31. The first-order chi connectivity index (χ1) is 15.3. The molecule has 4 rings (SSSR count). The van der Waals surface area contributed by atoms with Gasteiger partial charge in [0.25, 0.3) is 11.2 Å². The smallest absolute Gasteiger partial charge is 0.275 e. The number of nitrogens with one attached hydrogen (secondary N) is 1. The van der Waals surface area contributed by atoms with Gasteiger partial charge in [0.2, 0.25) is 5.91 Å². The first kappa shape index (κ1) is 21.7. The molecule has 162 valence electrons. The van der Waals surface area contributed by atoms with E-state index in [9.17, 15) is 19.7 Å². The zero-order valence-corrected chi connectivity index (χ0v) is 18.4. The first-order valence-corrected chi connectivity index (χ1v) is 11.1. The maximum absolute atomic E-state index is 12.5. The largest absolute Gasteiger partial charge is 0.385 e. The van der Waals surface area contributed by atoms with Gasteiger partial charge in [0.1, 0.15) is 5.82 Å². The summed E-state index contributed by atoms with van der Waals surface area (Å²) in [5.41, 5.74) is 6.47. The Morgan fingerprint density at radius 1 is 1.22 bits per heavy atom. The lowest BCUT2D eigenvalue weighted by molar-refractivity contribution is -0.384. The number of nitrogens with two attached hydrogens (primary N) is 1. The lowest BCUT2D eigenvalue weighted by Gasteiger charge is -2.14. The molecule has 0 fully saturated rings. The van der Waals surface area contributed by atoms with Gasteiger partial charge >= 0.3 is 0 Å². The number of aromatic nitrogens is 3. The number of amides is 1. The Labute approximate surface area is 193 Å². The van der Waals surface area contributed by atoms with Crippen LogP contribution in [-0.2, 0) is 4.79 Å². The van der Waals surface area contributed by atoms with E-state index in [0.717, 1.165) is 11.8 Å². The van der Waals surface area contributed by atoms with E-state index in [1.165, 1.54) is 29.5 Å². The van der Waals surface area contributed by atoms with E-state index in [2.05, 4.69) is 15.3 Å². The number of carbonyl (C=O) groups is 1. The van der Waals surface area contributed by atoms with Gasteiger partial charge in [-0.3, -0.25) is 24.3 Å². The molecule has 0 aliphatic heterocycles. The molecular weight excluding hydrogens is 476 g/mol. The van der Waals surface area contributed by atoms with Crippen LogP contribution in [0.1, 0.15) is 0 Å². The van der Waals surface area contributed by atoms with Gasteiger partial charge in [-0.2, -0.15) is 4.98 Å². The predicted octanol–water partition coefficient (Wildman–Crippen LogP) is 3.72. The molecule has 0 saturated carbocycles. The average Bonchev–Trinajstić information content (AvgIpc) is 3.14. The maximum atomic E-state index is 12.5. The molecule has 32 heavy (non-hydrogen) atoms. The Hall–Kier alpha value is -3.48. The van der Waals surface area contributed by atoms with E-state index in [-0.39, 0.29) is 28.3 Å². The van der Waals surface area contributed by atoms with Crippen molar-refractivity contribution in [1.29, 1.82) is 0 Å². The van der Waals surface area contributed by atoms with Crippen LogP contribution in [0.5, 0.6) is 0 Å². The second-order valence-corrected chi connectivity index (χ2v) is 8.79. The quantitative estimate of drug-likeness (QED) is 0.181. The minimum Gasteiger partial charge on any atom is -0.385 e. The number of halogens is 1. The molecule has 0 radical (unpaired) electrons. The van der Waals surface area contributed by atoms with Crippen molar-refractivity contribution in [2.75, 3.05) is 16.8 Å². The van der Waals surface area contributed by atoms with E-state index < -0.39 is 10.5 Å². The van der Waals surface area contributed by atoms with Crippen molar-refractivity contribution in [2.45, 2.75) is 5.16 Å². The second-order valence-electron chi connectivity index (χ2n) is 6.38. The van der Waals surface area contributed by atoms with Crippen LogP contribution in [-0.4, -0.2) is 31.1 Å². The zero-order chi connectivity index (χ0) is 22.8. The van der Waals surface area contributed by atoms with Crippen LogP contribution in [0, 0.1) is 10.1 Å². The number of benzene rings is 2. The predicted molar refractivity (Wildman–Crippen MR) is 125 cm³/mol. The molecule has 2 aromatic carbocycles. The number of nitro benzene ring substituents is 1. The van der Waals surface area contributed by atoms with Crippen molar-refractivity contribution in [1.82, 2.24) is 14.5 Å². The number of hydrogen-bond acceptors (Lipinski definition) is 9. The molecule has 2 aromatic heterocycles. The number of thioether (sulfide) groups is 1. The van der Waals surface area contributed by atoms with Crippen molar-refractivity contribution in [2.24, 2.45) is 0 Å². The van der Waals surface area contributed by atoms with Gasteiger partial charge in [0.05, 0.1) is 20.9 Å². The highest BCUT2D eigenvalue weighted by atomic mass is 35.5. The molecule has 0 bridgehead atoms. The number of fused-ring (bicyclic) bond motifs is 1. The summed E-state index contributed by atoms with van der Waals surface area (Å²) in [6.45, 7) is 0. The lowest BCUT2D eigenvalue weighted by atomic mass is 10.3. The van der Waals surface area contributed by atoms with Crippen molar-refractivity contribution in [3.63, 3.8) is 0 Å². The number of non-ortho nitro benzene ring substituents is 1. The van der Waals surface area contributed by atoms with Gasteiger partial charge in [0, 0.05) is 28.9 Å². The number of nitrogens with zero attached hydrogens (tertiary/aromatic N) is 4. The van der Waals surface area contributed by atoms with Crippen LogP contribution < -0.4 is 16.6 Å². The fourth-order valence-corrected chi connectivity index (χ4v) is 4.61. The fourth-order valence-electron chi connectivity index (χ4n) is 2.79. The molecule has 10 nitrogen and oxygen atoms in total. The Balaban J connectivity index is 1.52. The molecule has 3 N–H and O–H groups in total. The topological polar surface area (TPSA) is 146 Å². The molecule has 1 amide bonds. The molecule has 2 heterocycles. The maximum Gasteiger partial charge on any atom is 0.275 e. The number of carbonyl (C=O) groups excluding carboxylic acids is 1. The number of hydrogen-bond donors (Lipinski definition) is 2. The van der Waals surface area contributed by atoms with Crippen molar-refractivity contribution in [3.05, 3.63) is 74.0 Å². The van der Waals surface area contributed by atoms with Crippen molar-refractivity contribution in [3.8, 4) is 5.69 Å². The van der Waals surface area contributed by atoms with Gasteiger partial charge < -0.3 is 11.1 Å². The molecule has 0 unspecified atom stereocenters. The molecule has 0 aliphatic rings. The van der Waals surface area contributed by atoms with Crippen LogP contribution in [0.3, 0.4) is 0 Å². The summed E-state index contributed by atoms with van der Waals surface area (Å²) in [4.78, 5) is 42.9. The zero-order valence-electron chi connectivity index (χ0n) is 16.0. The van der Waals surface area contributed by atoms with E-state index in [0.29, 0.717) is 26.1 Å². The third kappa shape index (κ3) is 4.72. The molecule has 0 aliphatic carbocycles. The van der Waals surface area contributed by atoms with Gasteiger partial charge in [-0.1, -0.05) is 34.7 Å². The van der Waals surface area contributed by atoms with E-state index in [1.807, 2.05) is 0 Å². The summed E-state index contributed by atoms with van der Waals surface area (Å²) in [6.07, 6.45) is 0. The minimum atomic E-state index is -0.525. The van der Waals surface area contributed by atoms with Crippen molar-refractivity contribution >= 4 is 67.5 Å². The van der Waals surface area contributed by atoms with Crippen LogP contribution >= 0.6 is 34.7 Å². The van der Waals surface area contributed by atoms with E-state index >= 15 is 0 Å². The Kier molecular flexibility index (Phi) is 6.08. The standard InChI is InChI=1S/C19H13ClN6O4S2/c20-10-1-3-11(4-2-10)25-15(21)8-16(27)24-19(25)31-9-17(28)23-18-22-13-7-12(26(29)30)5-6-14(13)32-18/h1-8H,9,21H2,(H,22,23,28). The van der Waals surface area contributed by atoms with Gasteiger partial charge in [0.15, 0.2) is 10.3 Å². The second kappa shape index (κ2) is 8.94. The Morgan fingerprint density at radius 3 is 2.69 bits per heavy atom. The van der Waals surface area contributed by atoms with Crippen LogP contribution in [0.15, 0.2) is 58.5 Å². The fraction of sp³-hybridized carbons (Fsp3) is 0.0526. The summed E-state index contributed by atoms with van der Waals surface area (Å²) in [7, 11) is 0. The number of nitro groups is 1. The van der Waals surface area contributed by atoms with E-state index in [1.54, 1.807) is 34.9 Å². The summed E-state index contributed by atoms with van der Waals surface area (Å²) >= 11 is 8.16. The number of rotatable bonds is 6. The first-order valence-electron chi connectivity index (χ1n) is 8.93. The SMILES string of the molecule is Nc1cc(=O)nc(SCC(=O)Nc2nc3cc([N+](=O)[O-])ccc3s2)n1-c1ccc(Cl)cc1. The number of nitrogen functional groups attached to an aromatic ring is 1. The highest BCUT2D eigenvalue weighted by molar-refractivity contribution is 7.99. The summed E-state index contributed by atoms with van der Waals surface area (Å²) in [5, 5.41) is 14.7. The summed E-state index contributed by atoms with van der Waals surface area (Å²) in [5.74, 6) is -0.287. The van der Waals surface area contributed by atoms with Crippen molar-refractivity contribution < 1.29 is 9.72 Å². The normalized spacial score (nSPS) is 10.9. The van der Waals surface area contributed by atoms with Gasteiger partial charge in [-0.05, 0) is 30.3 Å². The molecule has 4 aromatic rings. The lowest BCUT2D eigenvalue weighted by Crippen LogP contribution is -2.19. The third-order valence-electron chi connectivity index (χ3n) is 4.17.